The number of nitrogens with zero attached hydrogens (tertiary/aromatic N) is 3. The van der Waals surface area contributed by atoms with E-state index in [-0.39, 0.29) is 24.7 Å². The molecule has 1 amide bonds. The van der Waals surface area contributed by atoms with Crippen LogP contribution in [-0.2, 0) is 17.8 Å². The number of carbonyl (C=O) groups excluding carboxylic acids is 1. The Morgan fingerprint density at radius 1 is 1.17 bits per heavy atom. The molecule has 3 aromatic rings. The number of pyridine rings is 1. The Morgan fingerprint density at radius 3 is 2.75 bits per heavy atom. The highest BCUT2D eigenvalue weighted by Gasteiger charge is 2.11. The molecule has 0 bridgehead atoms. The fourth-order valence-corrected chi connectivity index (χ4v) is 2.12. The lowest BCUT2D eigenvalue weighted by Gasteiger charge is -2.05. The van der Waals surface area contributed by atoms with Gasteiger partial charge in [0.1, 0.15) is 5.82 Å². The molecule has 0 aliphatic heterocycles. The van der Waals surface area contributed by atoms with Crippen molar-refractivity contribution in [2.45, 2.75) is 19.4 Å². The Kier molecular flexibility index (Phi) is 4.90. The normalized spacial score (nSPS) is 10.5. The van der Waals surface area contributed by atoms with Crippen LogP contribution in [0.1, 0.15) is 17.9 Å². The van der Waals surface area contributed by atoms with Crippen LogP contribution in [0.5, 0.6) is 0 Å². The van der Waals surface area contributed by atoms with Gasteiger partial charge in [0.2, 0.25) is 17.6 Å². The SMILES string of the molecule is O=C(CCc1nc(-c2ccncc2)no1)NCc1ccccc1F. The number of halogens is 1. The third-order valence-electron chi connectivity index (χ3n) is 3.41. The van der Waals surface area contributed by atoms with Gasteiger partial charge in [-0.1, -0.05) is 23.4 Å². The van der Waals surface area contributed by atoms with E-state index < -0.39 is 0 Å². The number of aromatic nitrogens is 3. The number of amides is 1. The molecule has 1 aromatic carbocycles. The molecule has 0 unspecified atom stereocenters. The predicted octanol–water partition coefficient (Wildman–Crippen LogP) is 2.52. The summed E-state index contributed by atoms with van der Waals surface area (Å²) in [5, 5.41) is 6.55. The third-order valence-corrected chi connectivity index (χ3v) is 3.41. The van der Waals surface area contributed by atoms with Crippen molar-refractivity contribution in [2.24, 2.45) is 0 Å². The van der Waals surface area contributed by atoms with E-state index in [1.807, 2.05) is 0 Å². The van der Waals surface area contributed by atoms with Gasteiger partial charge in [-0.25, -0.2) is 4.39 Å². The largest absolute Gasteiger partial charge is 0.352 e. The number of rotatable bonds is 6. The number of carbonyl (C=O) groups is 1. The maximum atomic E-state index is 13.5. The molecule has 0 aliphatic carbocycles. The molecule has 0 spiro atoms. The maximum absolute atomic E-state index is 13.5. The molecule has 24 heavy (non-hydrogen) atoms. The molecule has 7 heteroatoms. The lowest BCUT2D eigenvalue weighted by atomic mass is 10.2. The summed E-state index contributed by atoms with van der Waals surface area (Å²) in [6.45, 7) is 0.150. The predicted molar refractivity (Wildman–Crippen MR) is 84.1 cm³/mol. The summed E-state index contributed by atoms with van der Waals surface area (Å²) in [5.41, 5.74) is 1.24. The van der Waals surface area contributed by atoms with Gasteiger partial charge in [-0.05, 0) is 18.2 Å². The number of hydrogen-bond acceptors (Lipinski definition) is 5. The Hall–Kier alpha value is -3.09. The van der Waals surface area contributed by atoms with Crippen molar-refractivity contribution in [3.8, 4) is 11.4 Å². The van der Waals surface area contributed by atoms with Crippen molar-refractivity contribution < 1.29 is 13.7 Å². The van der Waals surface area contributed by atoms with Gasteiger partial charge in [0, 0.05) is 42.9 Å². The minimum atomic E-state index is -0.336. The maximum Gasteiger partial charge on any atom is 0.227 e. The van der Waals surface area contributed by atoms with E-state index in [2.05, 4.69) is 20.4 Å². The highest BCUT2D eigenvalue weighted by molar-refractivity contribution is 5.76. The molecule has 0 radical (unpaired) electrons. The molecule has 2 aromatic heterocycles. The monoisotopic (exact) mass is 326 g/mol. The van der Waals surface area contributed by atoms with Crippen molar-refractivity contribution in [1.29, 1.82) is 0 Å². The minimum absolute atomic E-state index is 0.150. The van der Waals surface area contributed by atoms with Crippen molar-refractivity contribution in [2.75, 3.05) is 0 Å². The lowest BCUT2D eigenvalue weighted by molar-refractivity contribution is -0.121. The molecule has 6 nitrogen and oxygen atoms in total. The fraction of sp³-hybridized carbons (Fsp3) is 0.176. The standard InChI is InChI=1S/C17H15FN4O2/c18-14-4-2-1-3-13(14)11-20-15(23)5-6-16-21-17(22-24-16)12-7-9-19-10-8-12/h1-4,7-10H,5-6,11H2,(H,20,23). The van der Waals surface area contributed by atoms with Gasteiger partial charge >= 0.3 is 0 Å². The van der Waals surface area contributed by atoms with Crippen LogP contribution in [0.4, 0.5) is 4.39 Å². The first-order valence-electron chi connectivity index (χ1n) is 7.45. The van der Waals surface area contributed by atoms with E-state index in [9.17, 15) is 9.18 Å². The average Bonchev–Trinajstić information content (AvgIpc) is 3.09. The number of nitrogens with one attached hydrogen (secondary N) is 1. The van der Waals surface area contributed by atoms with Crippen LogP contribution in [0.15, 0.2) is 53.3 Å². The minimum Gasteiger partial charge on any atom is -0.352 e. The summed E-state index contributed by atoms with van der Waals surface area (Å²) < 4.78 is 18.6. The highest BCUT2D eigenvalue weighted by atomic mass is 19.1. The molecule has 0 saturated carbocycles. The quantitative estimate of drug-likeness (QED) is 0.753. The molecule has 0 atom stereocenters. The molecule has 3 rings (SSSR count). The first-order valence-corrected chi connectivity index (χ1v) is 7.45. The van der Waals surface area contributed by atoms with Gasteiger partial charge in [-0.2, -0.15) is 4.98 Å². The van der Waals surface area contributed by atoms with E-state index >= 15 is 0 Å². The summed E-state index contributed by atoms with van der Waals surface area (Å²) in [6.07, 6.45) is 3.79. The molecule has 0 fully saturated rings. The Balaban J connectivity index is 1.50. The zero-order valence-corrected chi connectivity index (χ0v) is 12.8. The van der Waals surface area contributed by atoms with Gasteiger partial charge in [0.15, 0.2) is 0 Å². The zero-order chi connectivity index (χ0) is 16.8. The first kappa shape index (κ1) is 15.8. The average molecular weight is 326 g/mol. The first-order chi connectivity index (χ1) is 11.7. The van der Waals surface area contributed by atoms with Crippen LogP contribution in [0.25, 0.3) is 11.4 Å². The van der Waals surface area contributed by atoms with Crippen molar-refractivity contribution in [3.63, 3.8) is 0 Å². The summed E-state index contributed by atoms with van der Waals surface area (Å²) in [4.78, 5) is 20.0. The number of aryl methyl sites for hydroxylation is 1. The van der Waals surface area contributed by atoms with E-state index in [0.29, 0.717) is 23.7 Å². The van der Waals surface area contributed by atoms with Crippen LogP contribution in [-0.4, -0.2) is 21.0 Å². The van der Waals surface area contributed by atoms with E-state index in [0.717, 1.165) is 5.56 Å². The smallest absolute Gasteiger partial charge is 0.227 e. The fourth-order valence-electron chi connectivity index (χ4n) is 2.12. The molecule has 1 N–H and O–H groups in total. The molecule has 0 aliphatic rings. The van der Waals surface area contributed by atoms with E-state index in [1.165, 1.54) is 6.07 Å². The molecule has 2 heterocycles. The van der Waals surface area contributed by atoms with Crippen LogP contribution >= 0.6 is 0 Å². The van der Waals surface area contributed by atoms with Crippen LogP contribution in [0.3, 0.4) is 0 Å². The second-order valence-electron chi connectivity index (χ2n) is 5.12. The third kappa shape index (κ3) is 4.01. The molecular weight excluding hydrogens is 311 g/mol. The van der Waals surface area contributed by atoms with Crippen molar-refractivity contribution >= 4 is 5.91 Å². The van der Waals surface area contributed by atoms with Crippen LogP contribution in [0, 0.1) is 5.82 Å². The Labute approximate surface area is 137 Å². The van der Waals surface area contributed by atoms with Crippen molar-refractivity contribution in [1.82, 2.24) is 20.4 Å². The highest BCUT2D eigenvalue weighted by Crippen LogP contribution is 2.14. The van der Waals surface area contributed by atoms with Gasteiger partial charge in [0.05, 0.1) is 0 Å². The second kappa shape index (κ2) is 7.45. The summed E-state index contributed by atoms with van der Waals surface area (Å²) in [5.74, 6) is 0.292. The van der Waals surface area contributed by atoms with E-state index in [4.69, 9.17) is 4.52 Å². The molecule has 122 valence electrons. The summed E-state index contributed by atoms with van der Waals surface area (Å²) in [6, 6.07) is 9.88. The second-order valence-corrected chi connectivity index (χ2v) is 5.12. The topological polar surface area (TPSA) is 80.9 Å². The van der Waals surface area contributed by atoms with Crippen LogP contribution < -0.4 is 5.32 Å². The van der Waals surface area contributed by atoms with Gasteiger partial charge in [0.25, 0.3) is 0 Å². The lowest BCUT2D eigenvalue weighted by Crippen LogP contribution is -2.23. The number of hydrogen-bond donors (Lipinski definition) is 1. The summed E-state index contributed by atoms with van der Waals surface area (Å²) in [7, 11) is 0. The summed E-state index contributed by atoms with van der Waals surface area (Å²) >= 11 is 0. The van der Waals surface area contributed by atoms with Gasteiger partial charge in [-0.15, -0.1) is 0 Å². The van der Waals surface area contributed by atoms with E-state index in [1.54, 1.807) is 42.7 Å². The van der Waals surface area contributed by atoms with Crippen molar-refractivity contribution in [3.05, 3.63) is 66.1 Å². The molecular formula is C17H15FN4O2. The Morgan fingerprint density at radius 2 is 1.96 bits per heavy atom. The zero-order valence-electron chi connectivity index (χ0n) is 12.8. The van der Waals surface area contributed by atoms with Gasteiger partial charge < -0.3 is 9.84 Å². The number of benzene rings is 1. The molecule has 0 saturated heterocycles. The van der Waals surface area contributed by atoms with Gasteiger partial charge in [-0.3, -0.25) is 9.78 Å². The Bertz CT molecular complexity index is 820. The van der Waals surface area contributed by atoms with Crippen LogP contribution in [0.2, 0.25) is 0 Å².